The van der Waals surface area contributed by atoms with Crippen molar-refractivity contribution in [2.75, 3.05) is 37.6 Å². The first kappa shape index (κ1) is 20.2. The number of nitrogens with one attached hydrogen (secondary N) is 1. The van der Waals surface area contributed by atoms with Gasteiger partial charge in [0.2, 0.25) is 0 Å². The molecule has 1 saturated heterocycles. The summed E-state index contributed by atoms with van der Waals surface area (Å²) in [6, 6.07) is 3.36. The van der Waals surface area contributed by atoms with Gasteiger partial charge in [0.25, 0.3) is 5.91 Å². The zero-order valence-electron chi connectivity index (χ0n) is 15.7. The average Bonchev–Trinajstić information content (AvgIpc) is 2.60. The maximum Gasteiger partial charge on any atom is 0.326 e. The van der Waals surface area contributed by atoms with E-state index in [1.165, 1.54) is 6.07 Å². The highest BCUT2D eigenvalue weighted by atomic mass is 19.1. The number of nitrogens with zero attached hydrogens (tertiary/aromatic N) is 2. The van der Waals surface area contributed by atoms with Crippen LogP contribution in [0.2, 0.25) is 0 Å². The highest BCUT2D eigenvalue weighted by Crippen LogP contribution is 2.22. The van der Waals surface area contributed by atoms with Crippen molar-refractivity contribution in [2.45, 2.75) is 33.2 Å². The quantitative estimate of drug-likeness (QED) is 0.775. The van der Waals surface area contributed by atoms with E-state index in [-0.39, 0.29) is 11.5 Å². The van der Waals surface area contributed by atoms with E-state index in [0.717, 1.165) is 32.7 Å². The van der Waals surface area contributed by atoms with E-state index < -0.39 is 23.7 Å². The number of aliphatic carboxylic acids is 1. The number of amides is 1. The Kier molecular flexibility index (Phi) is 6.97. The van der Waals surface area contributed by atoms with Crippen molar-refractivity contribution in [1.82, 2.24) is 10.2 Å². The van der Waals surface area contributed by atoms with Crippen molar-refractivity contribution < 1.29 is 19.1 Å². The molecule has 1 heterocycles. The number of halogens is 1. The van der Waals surface area contributed by atoms with E-state index >= 15 is 0 Å². The summed E-state index contributed by atoms with van der Waals surface area (Å²) in [6.45, 7) is 10.1. The minimum absolute atomic E-state index is 0.122. The van der Waals surface area contributed by atoms with E-state index in [4.69, 9.17) is 0 Å². The van der Waals surface area contributed by atoms with Crippen LogP contribution in [-0.2, 0) is 4.79 Å². The Balaban J connectivity index is 2.06. The third-order valence-electron chi connectivity index (χ3n) is 4.68. The molecule has 0 aromatic heterocycles. The van der Waals surface area contributed by atoms with Gasteiger partial charge in [-0.2, -0.15) is 0 Å². The second-order valence-electron chi connectivity index (χ2n) is 7.08. The molecule has 1 atom stereocenters. The first-order valence-electron chi connectivity index (χ1n) is 9.12. The van der Waals surface area contributed by atoms with Crippen molar-refractivity contribution >= 4 is 17.6 Å². The molecule has 2 N–H and O–H groups in total. The third-order valence-corrected chi connectivity index (χ3v) is 4.68. The summed E-state index contributed by atoms with van der Waals surface area (Å²) in [5.74, 6) is -1.99. The van der Waals surface area contributed by atoms with Crippen LogP contribution in [-0.4, -0.2) is 60.6 Å². The van der Waals surface area contributed by atoms with Crippen molar-refractivity contribution in [3.05, 3.63) is 29.6 Å². The molecule has 1 aromatic carbocycles. The van der Waals surface area contributed by atoms with Crippen LogP contribution in [0.4, 0.5) is 10.1 Å². The highest BCUT2D eigenvalue weighted by Gasteiger charge is 2.23. The van der Waals surface area contributed by atoms with Gasteiger partial charge in [-0.05, 0) is 37.1 Å². The lowest BCUT2D eigenvalue weighted by atomic mass is 10.0. The van der Waals surface area contributed by atoms with E-state index in [1.54, 1.807) is 12.1 Å². The SMILES string of the molecule is CCN1CCN(c2ccc(C(=O)NC(CC(C)C)C(=O)O)cc2F)CC1. The van der Waals surface area contributed by atoms with Crippen LogP contribution >= 0.6 is 0 Å². The predicted octanol–water partition coefficient (Wildman–Crippen LogP) is 2.20. The summed E-state index contributed by atoms with van der Waals surface area (Å²) in [7, 11) is 0. The first-order chi connectivity index (χ1) is 12.3. The van der Waals surface area contributed by atoms with Crippen molar-refractivity contribution in [3.8, 4) is 0 Å². The first-order valence-corrected chi connectivity index (χ1v) is 9.12. The molecule has 2 rings (SSSR count). The monoisotopic (exact) mass is 365 g/mol. The second kappa shape index (κ2) is 8.98. The summed E-state index contributed by atoms with van der Waals surface area (Å²) in [5.41, 5.74) is 0.614. The van der Waals surface area contributed by atoms with E-state index in [9.17, 15) is 19.1 Å². The summed E-state index contributed by atoms with van der Waals surface area (Å²) >= 11 is 0. The lowest BCUT2D eigenvalue weighted by Gasteiger charge is -2.35. The zero-order chi connectivity index (χ0) is 19.3. The van der Waals surface area contributed by atoms with Crippen molar-refractivity contribution in [1.29, 1.82) is 0 Å². The van der Waals surface area contributed by atoms with Crippen LogP contribution in [0.1, 0.15) is 37.6 Å². The van der Waals surface area contributed by atoms with Gasteiger partial charge < -0.3 is 20.2 Å². The van der Waals surface area contributed by atoms with Crippen LogP contribution in [0.15, 0.2) is 18.2 Å². The van der Waals surface area contributed by atoms with Gasteiger partial charge in [0.05, 0.1) is 5.69 Å². The molecule has 1 unspecified atom stereocenters. The van der Waals surface area contributed by atoms with E-state index in [1.807, 2.05) is 18.7 Å². The molecule has 0 radical (unpaired) electrons. The molecule has 0 spiro atoms. The van der Waals surface area contributed by atoms with Gasteiger partial charge >= 0.3 is 5.97 Å². The smallest absolute Gasteiger partial charge is 0.326 e. The van der Waals surface area contributed by atoms with Gasteiger partial charge in [-0.25, -0.2) is 9.18 Å². The molecule has 1 aliphatic rings. The molecular formula is C19H28FN3O3. The van der Waals surface area contributed by atoms with Crippen LogP contribution in [0.25, 0.3) is 0 Å². The molecule has 1 aliphatic heterocycles. The number of hydrogen-bond acceptors (Lipinski definition) is 4. The molecule has 1 aromatic rings. The fraction of sp³-hybridized carbons (Fsp3) is 0.579. The Bertz CT molecular complexity index is 643. The van der Waals surface area contributed by atoms with Crippen LogP contribution < -0.4 is 10.2 Å². The fourth-order valence-corrected chi connectivity index (χ4v) is 3.14. The molecule has 0 bridgehead atoms. The van der Waals surface area contributed by atoms with Gasteiger partial charge in [-0.15, -0.1) is 0 Å². The number of piperazine rings is 1. The summed E-state index contributed by atoms with van der Waals surface area (Å²) in [5, 5.41) is 11.7. The molecule has 0 saturated carbocycles. The van der Waals surface area contributed by atoms with Gasteiger partial charge in [0.1, 0.15) is 11.9 Å². The molecule has 6 nitrogen and oxygen atoms in total. The molecule has 0 aliphatic carbocycles. The molecule has 26 heavy (non-hydrogen) atoms. The molecule has 7 heteroatoms. The summed E-state index contributed by atoms with van der Waals surface area (Å²) in [6.07, 6.45) is 0.323. The number of carboxylic acid groups (broad SMARTS) is 1. The van der Waals surface area contributed by atoms with Gasteiger partial charge in [0.15, 0.2) is 0 Å². The normalized spacial score (nSPS) is 16.6. The number of anilines is 1. The number of likely N-dealkylation sites (N-methyl/N-ethyl adjacent to an activating group) is 1. The minimum atomic E-state index is -1.09. The Hall–Kier alpha value is -2.15. The summed E-state index contributed by atoms with van der Waals surface area (Å²) in [4.78, 5) is 27.9. The molecule has 1 amide bonds. The number of hydrogen-bond donors (Lipinski definition) is 2. The number of carbonyl (C=O) groups is 2. The van der Waals surface area contributed by atoms with Crippen LogP contribution in [0.5, 0.6) is 0 Å². The van der Waals surface area contributed by atoms with Crippen molar-refractivity contribution in [3.63, 3.8) is 0 Å². The Morgan fingerprint density at radius 1 is 1.23 bits per heavy atom. The number of benzene rings is 1. The van der Waals surface area contributed by atoms with Gasteiger partial charge in [-0.3, -0.25) is 4.79 Å². The Labute approximate surface area is 154 Å². The Morgan fingerprint density at radius 3 is 2.38 bits per heavy atom. The van der Waals surface area contributed by atoms with Crippen molar-refractivity contribution in [2.24, 2.45) is 5.92 Å². The van der Waals surface area contributed by atoms with Gasteiger partial charge in [0, 0.05) is 31.7 Å². The number of rotatable bonds is 7. The highest BCUT2D eigenvalue weighted by molar-refractivity contribution is 5.96. The minimum Gasteiger partial charge on any atom is -0.480 e. The standard InChI is InChI=1S/C19H28FN3O3/c1-4-22-7-9-23(10-8-22)17-6-5-14(12-15(17)20)18(24)21-16(19(25)26)11-13(2)3/h5-6,12-13,16H,4,7-11H2,1-3H3,(H,21,24)(H,25,26). The fourth-order valence-electron chi connectivity index (χ4n) is 3.14. The molecule has 1 fully saturated rings. The van der Waals surface area contributed by atoms with Crippen LogP contribution in [0, 0.1) is 11.7 Å². The molecule has 144 valence electrons. The maximum atomic E-state index is 14.5. The maximum absolute atomic E-state index is 14.5. The average molecular weight is 365 g/mol. The third kappa shape index (κ3) is 5.17. The topological polar surface area (TPSA) is 72.9 Å². The summed E-state index contributed by atoms with van der Waals surface area (Å²) < 4.78 is 14.5. The van der Waals surface area contributed by atoms with E-state index in [0.29, 0.717) is 12.1 Å². The zero-order valence-corrected chi connectivity index (χ0v) is 15.7. The lowest BCUT2D eigenvalue weighted by molar-refractivity contribution is -0.139. The Morgan fingerprint density at radius 2 is 1.88 bits per heavy atom. The second-order valence-corrected chi connectivity index (χ2v) is 7.08. The van der Waals surface area contributed by atoms with E-state index in [2.05, 4.69) is 17.1 Å². The number of carbonyl (C=O) groups excluding carboxylic acids is 1. The van der Waals surface area contributed by atoms with Crippen LogP contribution in [0.3, 0.4) is 0 Å². The number of carboxylic acids is 1. The van der Waals surface area contributed by atoms with Gasteiger partial charge in [-0.1, -0.05) is 20.8 Å². The lowest BCUT2D eigenvalue weighted by Crippen LogP contribution is -2.46. The predicted molar refractivity (Wildman–Crippen MR) is 99.1 cm³/mol. The largest absolute Gasteiger partial charge is 0.480 e. The molecular weight excluding hydrogens is 337 g/mol.